The van der Waals surface area contributed by atoms with E-state index in [2.05, 4.69) is 19.2 Å². The van der Waals surface area contributed by atoms with Gasteiger partial charge in [-0.1, -0.05) is 142 Å². The van der Waals surface area contributed by atoms with E-state index < -0.39 is 0 Å². The molecule has 0 saturated heterocycles. The largest absolute Gasteiger partial charge is 0.316 e. The molecular formula is C26H56N2. The topological polar surface area (TPSA) is 38.0 Å². The van der Waals surface area contributed by atoms with Crippen LogP contribution in [0.25, 0.3) is 0 Å². The van der Waals surface area contributed by atoms with Crippen LogP contribution in [0.5, 0.6) is 0 Å². The molecule has 0 aliphatic heterocycles. The number of rotatable bonds is 24. The Labute approximate surface area is 179 Å². The highest BCUT2D eigenvalue weighted by Crippen LogP contribution is 2.12. The number of nitrogens with one attached hydrogen (secondary N) is 1. The summed E-state index contributed by atoms with van der Waals surface area (Å²) in [6.07, 6.45) is 30.9. The second kappa shape index (κ2) is 25.0. The Morgan fingerprint density at radius 2 is 0.786 bits per heavy atom. The molecule has 0 aliphatic carbocycles. The first-order valence-corrected chi connectivity index (χ1v) is 13.3. The van der Waals surface area contributed by atoms with Crippen molar-refractivity contribution in [2.24, 2.45) is 5.73 Å². The fourth-order valence-corrected chi connectivity index (χ4v) is 4.03. The maximum Gasteiger partial charge on any atom is 0.0546 e. The highest BCUT2D eigenvalue weighted by Gasteiger charge is 2.01. The number of unbranched alkanes of at least 4 members (excludes halogenated alkanes) is 19. The Hall–Kier alpha value is -0.0800. The van der Waals surface area contributed by atoms with Gasteiger partial charge in [0, 0.05) is 0 Å². The average molecular weight is 397 g/mol. The minimum Gasteiger partial charge on any atom is -0.316 e. The van der Waals surface area contributed by atoms with E-state index >= 15 is 0 Å². The molecule has 0 saturated carbocycles. The Morgan fingerprint density at radius 3 is 1.18 bits per heavy atom. The van der Waals surface area contributed by atoms with E-state index in [1.54, 1.807) is 0 Å². The van der Waals surface area contributed by atoms with Crippen LogP contribution >= 0.6 is 0 Å². The third kappa shape index (κ3) is 24.0. The summed E-state index contributed by atoms with van der Waals surface area (Å²) in [5, 5.41) is 3.52. The Morgan fingerprint density at radius 1 is 0.464 bits per heavy atom. The van der Waals surface area contributed by atoms with Crippen LogP contribution in [-0.4, -0.2) is 12.7 Å². The lowest BCUT2D eigenvalue weighted by molar-refractivity contribution is 0.450. The summed E-state index contributed by atoms with van der Waals surface area (Å²) in [6, 6.07) is 0. The van der Waals surface area contributed by atoms with Crippen molar-refractivity contribution >= 4 is 0 Å². The van der Waals surface area contributed by atoms with Gasteiger partial charge in [-0.2, -0.15) is 0 Å². The Bertz CT molecular complexity index is 267. The fraction of sp³-hybridized carbons (Fsp3) is 1.00. The molecule has 28 heavy (non-hydrogen) atoms. The van der Waals surface area contributed by atoms with Crippen LogP contribution in [0.2, 0.25) is 0 Å². The molecule has 3 N–H and O–H groups in total. The second-order valence-electron chi connectivity index (χ2n) is 9.07. The molecule has 0 radical (unpaired) electrons. The van der Waals surface area contributed by atoms with E-state index in [-0.39, 0.29) is 6.17 Å². The maximum atomic E-state index is 6.20. The Balaban J connectivity index is 3.12. The van der Waals surface area contributed by atoms with Gasteiger partial charge in [-0.25, -0.2) is 0 Å². The highest BCUT2D eigenvalue weighted by molar-refractivity contribution is 4.60. The molecule has 0 aromatic rings. The van der Waals surface area contributed by atoms with Gasteiger partial charge in [0.15, 0.2) is 0 Å². The van der Waals surface area contributed by atoms with Gasteiger partial charge >= 0.3 is 0 Å². The van der Waals surface area contributed by atoms with E-state index in [0.29, 0.717) is 0 Å². The molecule has 0 rings (SSSR count). The summed E-state index contributed by atoms with van der Waals surface area (Å²) in [4.78, 5) is 0. The predicted octanol–water partition coefficient (Wildman–Crippen LogP) is 8.48. The first-order valence-electron chi connectivity index (χ1n) is 13.3. The molecule has 0 amide bonds. The third-order valence-electron chi connectivity index (χ3n) is 6.06. The molecule has 0 fully saturated rings. The van der Waals surface area contributed by atoms with E-state index in [0.717, 1.165) is 13.0 Å². The monoisotopic (exact) mass is 396 g/mol. The first kappa shape index (κ1) is 27.9. The number of hydrogen-bond donors (Lipinski definition) is 2. The van der Waals surface area contributed by atoms with Gasteiger partial charge in [0.25, 0.3) is 0 Å². The van der Waals surface area contributed by atoms with Gasteiger partial charge in [0.2, 0.25) is 0 Å². The van der Waals surface area contributed by atoms with Crippen LogP contribution in [0.4, 0.5) is 0 Å². The van der Waals surface area contributed by atoms with Crippen molar-refractivity contribution in [1.82, 2.24) is 5.32 Å². The van der Waals surface area contributed by atoms with Gasteiger partial charge < -0.3 is 11.1 Å². The minimum atomic E-state index is 0.220. The van der Waals surface area contributed by atoms with E-state index in [9.17, 15) is 0 Å². The summed E-state index contributed by atoms with van der Waals surface area (Å²) in [5.41, 5.74) is 6.20. The predicted molar refractivity (Wildman–Crippen MR) is 129 cm³/mol. The average Bonchev–Trinajstić information content (AvgIpc) is 2.70. The number of nitrogens with two attached hydrogens (primary N) is 1. The molecule has 170 valence electrons. The minimum absolute atomic E-state index is 0.220. The summed E-state index contributed by atoms with van der Waals surface area (Å²) in [5.74, 6) is 0. The maximum absolute atomic E-state index is 6.20. The zero-order valence-electron chi connectivity index (χ0n) is 19.9. The first-order chi connectivity index (χ1) is 13.8. The quantitative estimate of drug-likeness (QED) is 0.127. The van der Waals surface area contributed by atoms with Crippen LogP contribution in [0.1, 0.15) is 155 Å². The van der Waals surface area contributed by atoms with Gasteiger partial charge in [0.1, 0.15) is 0 Å². The molecule has 2 heteroatoms. The van der Waals surface area contributed by atoms with Gasteiger partial charge in [0.05, 0.1) is 6.17 Å². The van der Waals surface area contributed by atoms with Crippen LogP contribution in [-0.2, 0) is 0 Å². The van der Waals surface area contributed by atoms with E-state index in [4.69, 9.17) is 5.73 Å². The van der Waals surface area contributed by atoms with E-state index in [1.807, 2.05) is 0 Å². The fourth-order valence-electron chi connectivity index (χ4n) is 4.03. The standard InChI is InChI=1S/C26H56N2/c1-3-5-7-9-11-13-14-15-17-19-21-23-25-28-26(27)24-22-20-18-16-12-10-8-6-4-2/h26,28H,3-25,27H2,1-2H3. The lowest BCUT2D eigenvalue weighted by Gasteiger charge is -2.13. The molecule has 1 unspecified atom stereocenters. The van der Waals surface area contributed by atoms with Crippen LogP contribution in [0.15, 0.2) is 0 Å². The van der Waals surface area contributed by atoms with Crippen molar-refractivity contribution in [3.63, 3.8) is 0 Å². The van der Waals surface area contributed by atoms with Crippen molar-refractivity contribution in [1.29, 1.82) is 0 Å². The van der Waals surface area contributed by atoms with E-state index in [1.165, 1.54) is 135 Å². The third-order valence-corrected chi connectivity index (χ3v) is 6.06. The normalized spacial score (nSPS) is 12.5. The smallest absolute Gasteiger partial charge is 0.0546 e. The van der Waals surface area contributed by atoms with Crippen molar-refractivity contribution in [2.75, 3.05) is 6.54 Å². The Kier molecular flexibility index (Phi) is 24.9. The van der Waals surface area contributed by atoms with Crippen molar-refractivity contribution in [3.8, 4) is 0 Å². The van der Waals surface area contributed by atoms with Crippen molar-refractivity contribution < 1.29 is 0 Å². The molecular weight excluding hydrogens is 340 g/mol. The molecule has 0 spiro atoms. The lowest BCUT2D eigenvalue weighted by atomic mass is 10.1. The molecule has 0 aromatic heterocycles. The summed E-state index contributed by atoms with van der Waals surface area (Å²) in [6.45, 7) is 5.69. The molecule has 0 bridgehead atoms. The molecule has 0 heterocycles. The van der Waals surface area contributed by atoms with Gasteiger partial charge in [-0.15, -0.1) is 0 Å². The van der Waals surface area contributed by atoms with Crippen LogP contribution in [0.3, 0.4) is 0 Å². The second-order valence-corrected chi connectivity index (χ2v) is 9.07. The van der Waals surface area contributed by atoms with Gasteiger partial charge in [-0.05, 0) is 19.4 Å². The molecule has 1 atom stereocenters. The summed E-state index contributed by atoms with van der Waals surface area (Å²) < 4.78 is 0. The SMILES string of the molecule is CCCCCCCCCCCCCCNC(N)CCCCCCCCCCC. The molecule has 0 aliphatic rings. The lowest BCUT2D eigenvalue weighted by Crippen LogP contribution is -2.37. The van der Waals surface area contributed by atoms with Crippen LogP contribution < -0.4 is 11.1 Å². The zero-order chi connectivity index (χ0) is 20.5. The summed E-state index contributed by atoms with van der Waals surface area (Å²) >= 11 is 0. The molecule has 2 nitrogen and oxygen atoms in total. The van der Waals surface area contributed by atoms with Crippen LogP contribution in [0, 0.1) is 0 Å². The van der Waals surface area contributed by atoms with Gasteiger partial charge in [-0.3, -0.25) is 0 Å². The molecule has 0 aromatic carbocycles. The summed E-state index contributed by atoms with van der Waals surface area (Å²) in [7, 11) is 0. The van der Waals surface area contributed by atoms with Crippen molar-refractivity contribution in [2.45, 2.75) is 161 Å². The van der Waals surface area contributed by atoms with Crippen molar-refractivity contribution in [3.05, 3.63) is 0 Å². The zero-order valence-corrected chi connectivity index (χ0v) is 19.9. The highest BCUT2D eigenvalue weighted by atomic mass is 15.0. The number of hydrogen-bond acceptors (Lipinski definition) is 2.